The Labute approximate surface area is 198 Å². The van der Waals surface area contributed by atoms with E-state index in [0.29, 0.717) is 31.7 Å². The summed E-state index contributed by atoms with van der Waals surface area (Å²) in [5.74, 6) is -1.01. The Balaban J connectivity index is 1.26. The molecule has 0 aliphatic carbocycles. The van der Waals surface area contributed by atoms with Gasteiger partial charge in [-0.05, 0) is 53.8 Å². The number of hydrogen-bond donors (Lipinski definition) is 0. The maximum absolute atomic E-state index is 13.3. The Kier molecular flexibility index (Phi) is 5.83. The van der Waals surface area contributed by atoms with Crippen LogP contribution < -0.4 is 4.31 Å². The normalized spacial score (nSPS) is 14.9. The number of nitrogens with zero attached hydrogens (tertiary/aromatic N) is 2. The highest BCUT2D eigenvalue weighted by atomic mass is 32.2. The predicted molar refractivity (Wildman–Crippen MR) is 127 cm³/mol. The van der Waals surface area contributed by atoms with Crippen molar-refractivity contribution in [3.63, 3.8) is 0 Å². The summed E-state index contributed by atoms with van der Waals surface area (Å²) in [6.07, 6.45) is 1.40. The number of esters is 1. The molecule has 0 bridgehead atoms. The summed E-state index contributed by atoms with van der Waals surface area (Å²) in [6, 6.07) is 21.1. The number of sulfonamides is 1. The minimum Gasteiger partial charge on any atom is -0.452 e. The first-order valence-electron chi connectivity index (χ1n) is 11.2. The first-order chi connectivity index (χ1) is 16.4. The second-order valence-corrected chi connectivity index (χ2v) is 10.3. The molecule has 0 N–H and O–H groups in total. The Morgan fingerprint density at radius 1 is 0.824 bits per heavy atom. The molecule has 0 saturated carbocycles. The van der Waals surface area contributed by atoms with E-state index in [2.05, 4.69) is 6.07 Å². The molecule has 5 rings (SSSR count). The standard InChI is InChI=1S/C26H24N2O5S/c29-25(27-14-12-19-6-1-2-8-22(19)17-27)18-33-26(30)21-9-5-10-23(16-21)34(31,32)28-15-13-20-7-3-4-11-24(20)28/h1-11,16H,12-15,17-18H2. The third-order valence-corrected chi connectivity index (χ3v) is 8.12. The van der Waals surface area contributed by atoms with Crippen LogP contribution in [0.1, 0.15) is 27.0 Å². The number of amides is 1. The van der Waals surface area contributed by atoms with Gasteiger partial charge in [-0.1, -0.05) is 48.5 Å². The number of rotatable bonds is 5. The summed E-state index contributed by atoms with van der Waals surface area (Å²) >= 11 is 0. The highest BCUT2D eigenvalue weighted by Crippen LogP contribution is 2.32. The highest BCUT2D eigenvalue weighted by molar-refractivity contribution is 7.92. The zero-order valence-electron chi connectivity index (χ0n) is 18.5. The van der Waals surface area contributed by atoms with Crippen LogP contribution in [0.25, 0.3) is 0 Å². The molecule has 0 spiro atoms. The van der Waals surface area contributed by atoms with E-state index in [9.17, 15) is 18.0 Å². The van der Waals surface area contributed by atoms with Gasteiger partial charge in [0.15, 0.2) is 6.61 Å². The summed E-state index contributed by atoms with van der Waals surface area (Å²) < 4.78 is 33.1. The smallest absolute Gasteiger partial charge is 0.338 e. The lowest BCUT2D eigenvalue weighted by atomic mass is 10.00. The van der Waals surface area contributed by atoms with Crippen molar-refractivity contribution in [2.75, 3.05) is 24.0 Å². The number of fused-ring (bicyclic) bond motifs is 2. The number of para-hydroxylation sites is 1. The molecule has 0 unspecified atom stereocenters. The number of carbonyl (C=O) groups excluding carboxylic acids is 2. The van der Waals surface area contributed by atoms with E-state index in [1.165, 1.54) is 34.1 Å². The van der Waals surface area contributed by atoms with Gasteiger partial charge in [-0.3, -0.25) is 9.10 Å². The van der Waals surface area contributed by atoms with E-state index in [1.54, 1.807) is 17.0 Å². The monoisotopic (exact) mass is 476 g/mol. The van der Waals surface area contributed by atoms with Crippen molar-refractivity contribution in [2.24, 2.45) is 0 Å². The van der Waals surface area contributed by atoms with Gasteiger partial charge in [-0.15, -0.1) is 0 Å². The van der Waals surface area contributed by atoms with Gasteiger partial charge in [-0.2, -0.15) is 0 Å². The van der Waals surface area contributed by atoms with E-state index in [1.807, 2.05) is 30.3 Å². The van der Waals surface area contributed by atoms with E-state index in [-0.39, 0.29) is 16.4 Å². The van der Waals surface area contributed by atoms with Crippen molar-refractivity contribution in [3.05, 3.63) is 95.1 Å². The Morgan fingerprint density at radius 3 is 2.35 bits per heavy atom. The lowest BCUT2D eigenvalue weighted by Crippen LogP contribution is -2.38. The third kappa shape index (κ3) is 4.17. The first-order valence-corrected chi connectivity index (χ1v) is 12.6. The largest absolute Gasteiger partial charge is 0.452 e. The van der Waals surface area contributed by atoms with Crippen LogP contribution in [0.15, 0.2) is 77.7 Å². The average molecular weight is 477 g/mol. The number of carbonyl (C=O) groups is 2. The van der Waals surface area contributed by atoms with Gasteiger partial charge in [0.1, 0.15) is 0 Å². The Morgan fingerprint density at radius 2 is 1.53 bits per heavy atom. The van der Waals surface area contributed by atoms with Crippen molar-refractivity contribution < 1.29 is 22.7 Å². The molecule has 2 heterocycles. The van der Waals surface area contributed by atoms with Gasteiger partial charge >= 0.3 is 5.97 Å². The molecule has 7 nitrogen and oxygen atoms in total. The van der Waals surface area contributed by atoms with Crippen LogP contribution in [-0.4, -0.2) is 44.9 Å². The summed E-state index contributed by atoms with van der Waals surface area (Å²) in [5, 5.41) is 0. The fourth-order valence-corrected chi connectivity index (χ4v) is 6.03. The van der Waals surface area contributed by atoms with Crippen LogP contribution in [0.5, 0.6) is 0 Å². The van der Waals surface area contributed by atoms with Gasteiger partial charge < -0.3 is 9.64 Å². The van der Waals surface area contributed by atoms with Crippen molar-refractivity contribution in [2.45, 2.75) is 24.3 Å². The molecule has 0 saturated heterocycles. The second kappa shape index (κ2) is 8.95. The molecule has 3 aromatic carbocycles. The van der Waals surface area contributed by atoms with Crippen LogP contribution >= 0.6 is 0 Å². The number of hydrogen-bond acceptors (Lipinski definition) is 5. The van der Waals surface area contributed by atoms with E-state index in [0.717, 1.165) is 17.5 Å². The lowest BCUT2D eigenvalue weighted by molar-refractivity contribution is -0.135. The molecule has 2 aliphatic heterocycles. The summed E-state index contributed by atoms with van der Waals surface area (Å²) in [4.78, 5) is 26.9. The minimum absolute atomic E-state index is 0.0117. The van der Waals surface area contributed by atoms with Crippen molar-refractivity contribution in [1.82, 2.24) is 4.90 Å². The van der Waals surface area contributed by atoms with Gasteiger partial charge in [0.2, 0.25) is 0 Å². The third-order valence-electron chi connectivity index (χ3n) is 6.31. The van der Waals surface area contributed by atoms with Gasteiger partial charge in [-0.25, -0.2) is 13.2 Å². The molecule has 0 aromatic heterocycles. The van der Waals surface area contributed by atoms with Crippen molar-refractivity contribution in [3.8, 4) is 0 Å². The molecule has 34 heavy (non-hydrogen) atoms. The molecule has 3 aromatic rings. The molecular weight excluding hydrogens is 452 g/mol. The topological polar surface area (TPSA) is 84.0 Å². The van der Waals surface area contributed by atoms with E-state index in [4.69, 9.17) is 4.74 Å². The zero-order chi connectivity index (χ0) is 23.7. The highest BCUT2D eigenvalue weighted by Gasteiger charge is 2.31. The van der Waals surface area contributed by atoms with Gasteiger partial charge in [0.25, 0.3) is 15.9 Å². The number of anilines is 1. The fourth-order valence-electron chi connectivity index (χ4n) is 4.48. The summed E-state index contributed by atoms with van der Waals surface area (Å²) in [5.41, 5.74) is 4.03. The average Bonchev–Trinajstić information content (AvgIpc) is 3.32. The Hall–Kier alpha value is -3.65. The van der Waals surface area contributed by atoms with Gasteiger partial charge in [0.05, 0.1) is 16.1 Å². The molecular formula is C26H24N2O5S. The first kappa shape index (κ1) is 22.2. The Bertz CT molecular complexity index is 1370. The molecule has 8 heteroatoms. The molecule has 0 atom stereocenters. The molecule has 0 fully saturated rings. The van der Waals surface area contributed by atoms with Crippen molar-refractivity contribution in [1.29, 1.82) is 0 Å². The molecule has 174 valence electrons. The van der Waals surface area contributed by atoms with Crippen LogP contribution in [-0.2, 0) is 38.9 Å². The van der Waals surface area contributed by atoms with Crippen LogP contribution in [0.4, 0.5) is 5.69 Å². The van der Waals surface area contributed by atoms with Crippen LogP contribution in [0.3, 0.4) is 0 Å². The number of ether oxygens (including phenoxy) is 1. The maximum Gasteiger partial charge on any atom is 0.338 e. The summed E-state index contributed by atoms with van der Waals surface area (Å²) in [6.45, 7) is 1.01. The SMILES string of the molecule is O=C(OCC(=O)N1CCc2ccccc2C1)c1cccc(S(=O)(=O)N2CCc3ccccc32)c1. The number of benzene rings is 3. The molecule has 1 amide bonds. The van der Waals surface area contributed by atoms with Crippen LogP contribution in [0.2, 0.25) is 0 Å². The minimum atomic E-state index is -3.83. The second-order valence-electron chi connectivity index (χ2n) is 8.39. The zero-order valence-corrected chi connectivity index (χ0v) is 19.3. The lowest BCUT2D eigenvalue weighted by Gasteiger charge is -2.28. The van der Waals surface area contributed by atoms with Gasteiger partial charge in [0, 0.05) is 19.6 Å². The maximum atomic E-state index is 13.3. The fraction of sp³-hybridized carbons (Fsp3) is 0.231. The van der Waals surface area contributed by atoms with E-state index >= 15 is 0 Å². The molecule has 2 aliphatic rings. The predicted octanol–water partition coefficient (Wildman–Crippen LogP) is 3.18. The van der Waals surface area contributed by atoms with E-state index < -0.39 is 22.6 Å². The van der Waals surface area contributed by atoms with Crippen molar-refractivity contribution >= 4 is 27.6 Å². The van der Waals surface area contributed by atoms with Crippen LogP contribution in [0, 0.1) is 0 Å². The molecule has 0 radical (unpaired) electrons. The quantitative estimate of drug-likeness (QED) is 0.528. The summed E-state index contributed by atoms with van der Waals surface area (Å²) in [7, 11) is -3.83.